The van der Waals surface area contributed by atoms with Gasteiger partial charge in [-0.2, -0.15) is 4.31 Å². The van der Waals surface area contributed by atoms with Gasteiger partial charge in [-0.15, -0.1) is 0 Å². The Morgan fingerprint density at radius 2 is 2.19 bits per heavy atom. The lowest BCUT2D eigenvalue weighted by Crippen LogP contribution is -2.52. The molecule has 9 heteroatoms. The summed E-state index contributed by atoms with van der Waals surface area (Å²) >= 11 is 0. The molecule has 1 fully saturated rings. The van der Waals surface area contributed by atoms with E-state index in [1.165, 1.54) is 6.20 Å². The Labute approximate surface area is 158 Å². The zero-order valence-electron chi connectivity index (χ0n) is 15.6. The molecule has 0 bridgehead atoms. The van der Waals surface area contributed by atoms with Crippen molar-refractivity contribution in [2.45, 2.75) is 31.2 Å². The number of sulfonamides is 1. The van der Waals surface area contributed by atoms with E-state index < -0.39 is 10.0 Å². The van der Waals surface area contributed by atoms with Crippen LogP contribution >= 0.6 is 0 Å². The summed E-state index contributed by atoms with van der Waals surface area (Å²) < 4.78 is 32.6. The summed E-state index contributed by atoms with van der Waals surface area (Å²) in [6.07, 6.45) is 5.71. The molecule has 0 aliphatic carbocycles. The smallest absolute Gasteiger partial charge is 0.248 e. The summed E-state index contributed by atoms with van der Waals surface area (Å²) in [5, 5.41) is 4.66. The van der Waals surface area contributed by atoms with E-state index in [4.69, 9.17) is 4.52 Å². The maximum atomic E-state index is 13.0. The second-order valence-corrected chi connectivity index (χ2v) is 9.03. The topological polar surface area (TPSA) is 95.3 Å². The molecule has 1 aliphatic heterocycles. The summed E-state index contributed by atoms with van der Waals surface area (Å²) in [6.45, 7) is 4.70. The molecule has 3 aromatic rings. The number of nitrogens with zero attached hydrogens (tertiary/aromatic N) is 4. The first kappa shape index (κ1) is 18.0. The summed E-state index contributed by atoms with van der Waals surface area (Å²) in [4.78, 5) is 9.79. The van der Waals surface area contributed by atoms with Gasteiger partial charge in [0.25, 0.3) is 0 Å². The Kier molecular flexibility index (Phi) is 4.43. The van der Waals surface area contributed by atoms with Crippen LogP contribution in [0.2, 0.25) is 0 Å². The number of aryl methyl sites for hydroxylation is 1. The van der Waals surface area contributed by atoms with E-state index in [0.29, 0.717) is 24.8 Å². The molecule has 4 rings (SSSR count). The van der Waals surface area contributed by atoms with Gasteiger partial charge in [-0.25, -0.2) is 13.4 Å². The zero-order valence-corrected chi connectivity index (χ0v) is 16.4. The third kappa shape index (κ3) is 3.00. The molecule has 144 valence electrons. The molecule has 0 saturated carbocycles. The molecule has 1 aliphatic rings. The number of fused-ring (bicyclic) bond motifs is 1. The van der Waals surface area contributed by atoms with E-state index in [9.17, 15) is 8.42 Å². The maximum absolute atomic E-state index is 13.0. The minimum atomic E-state index is -3.62. The highest BCUT2D eigenvalue weighted by Crippen LogP contribution is 2.32. The standard InChI is InChI=1S/C18H23N5O3S/c1-12-6-9-23(27(24,25)17-10-21-26-13(17)2)11-16(12)22(3)15-5-8-20-18-14(15)4-7-19-18/h4-5,7-8,10,12,16H,6,9,11H2,1-3H3,(H,19,20)/t12-,16?/m1/s1. The molecule has 1 saturated heterocycles. The monoisotopic (exact) mass is 389 g/mol. The van der Waals surface area contributed by atoms with Crippen molar-refractivity contribution in [2.75, 3.05) is 25.0 Å². The highest BCUT2D eigenvalue weighted by Gasteiger charge is 2.37. The zero-order chi connectivity index (χ0) is 19.2. The molecule has 8 nitrogen and oxygen atoms in total. The molecular weight excluding hydrogens is 366 g/mol. The molecule has 27 heavy (non-hydrogen) atoms. The number of anilines is 1. The van der Waals surface area contributed by atoms with E-state index >= 15 is 0 Å². The SMILES string of the molecule is Cc1oncc1S(=O)(=O)N1CC[C@@H](C)C(N(C)c2ccnc3[nH]ccc23)C1. The number of H-pyrrole nitrogens is 1. The normalized spacial score (nSPS) is 21.6. The molecule has 1 unspecified atom stereocenters. The van der Waals surface area contributed by atoms with Crippen LogP contribution in [0, 0.1) is 12.8 Å². The van der Waals surface area contributed by atoms with E-state index in [2.05, 4.69) is 26.9 Å². The average molecular weight is 389 g/mol. The lowest BCUT2D eigenvalue weighted by atomic mass is 9.93. The van der Waals surface area contributed by atoms with Crippen molar-refractivity contribution in [1.29, 1.82) is 0 Å². The fraction of sp³-hybridized carbons (Fsp3) is 0.444. The number of piperidine rings is 1. The second kappa shape index (κ2) is 6.65. The van der Waals surface area contributed by atoms with Gasteiger partial charge in [0.2, 0.25) is 10.0 Å². The largest absolute Gasteiger partial charge is 0.369 e. The van der Waals surface area contributed by atoms with Crippen LogP contribution in [0.5, 0.6) is 0 Å². The van der Waals surface area contributed by atoms with Gasteiger partial charge in [-0.3, -0.25) is 0 Å². The van der Waals surface area contributed by atoms with Crippen molar-refractivity contribution in [1.82, 2.24) is 19.4 Å². The van der Waals surface area contributed by atoms with Gasteiger partial charge in [0.1, 0.15) is 10.5 Å². The van der Waals surface area contributed by atoms with Crippen molar-refractivity contribution >= 4 is 26.7 Å². The lowest BCUT2D eigenvalue weighted by Gasteiger charge is -2.42. The third-order valence-electron chi connectivity index (χ3n) is 5.52. The summed E-state index contributed by atoms with van der Waals surface area (Å²) in [5.74, 6) is 0.675. The quantitative estimate of drug-likeness (QED) is 0.736. The van der Waals surface area contributed by atoms with Crippen LogP contribution in [0.1, 0.15) is 19.1 Å². The second-order valence-electron chi connectivity index (χ2n) is 7.12. The predicted molar refractivity (Wildman–Crippen MR) is 102 cm³/mol. The number of likely N-dealkylation sites (N-methyl/N-ethyl adjacent to an activating group) is 1. The number of nitrogens with one attached hydrogen (secondary N) is 1. The van der Waals surface area contributed by atoms with Crippen LogP contribution in [-0.4, -0.2) is 54.0 Å². The minimum absolute atomic E-state index is 0.0502. The molecule has 0 radical (unpaired) electrons. The number of rotatable bonds is 4. The molecular formula is C18H23N5O3S. The van der Waals surface area contributed by atoms with Crippen molar-refractivity contribution in [3.63, 3.8) is 0 Å². The summed E-state index contributed by atoms with van der Waals surface area (Å²) in [5.41, 5.74) is 1.87. The maximum Gasteiger partial charge on any atom is 0.248 e. The van der Waals surface area contributed by atoms with Crippen molar-refractivity contribution in [3.8, 4) is 0 Å². The first-order valence-corrected chi connectivity index (χ1v) is 10.4. The van der Waals surface area contributed by atoms with Gasteiger partial charge in [-0.05, 0) is 31.4 Å². The molecule has 4 heterocycles. The first-order chi connectivity index (χ1) is 12.9. The highest BCUT2D eigenvalue weighted by atomic mass is 32.2. The number of hydrogen-bond donors (Lipinski definition) is 1. The first-order valence-electron chi connectivity index (χ1n) is 8.96. The number of aromatic nitrogens is 3. The minimum Gasteiger partial charge on any atom is -0.369 e. The molecule has 0 aromatic carbocycles. The number of hydrogen-bond acceptors (Lipinski definition) is 6. The molecule has 3 aromatic heterocycles. The lowest BCUT2D eigenvalue weighted by molar-refractivity contribution is 0.247. The molecule has 0 spiro atoms. The van der Waals surface area contributed by atoms with Crippen LogP contribution in [0.25, 0.3) is 11.0 Å². The van der Waals surface area contributed by atoms with Crippen molar-refractivity contribution in [2.24, 2.45) is 5.92 Å². The van der Waals surface area contributed by atoms with Gasteiger partial charge in [0, 0.05) is 49.6 Å². The fourth-order valence-electron chi connectivity index (χ4n) is 3.85. The van der Waals surface area contributed by atoms with Gasteiger partial charge in [0.15, 0.2) is 5.76 Å². The van der Waals surface area contributed by atoms with Crippen LogP contribution in [-0.2, 0) is 10.0 Å². The van der Waals surface area contributed by atoms with Crippen LogP contribution < -0.4 is 4.90 Å². The summed E-state index contributed by atoms with van der Waals surface area (Å²) in [6, 6.07) is 4.02. The fourth-order valence-corrected chi connectivity index (χ4v) is 5.40. The average Bonchev–Trinajstić information content (AvgIpc) is 3.30. The van der Waals surface area contributed by atoms with Crippen LogP contribution in [0.4, 0.5) is 5.69 Å². The highest BCUT2D eigenvalue weighted by molar-refractivity contribution is 7.89. The Morgan fingerprint density at radius 1 is 1.37 bits per heavy atom. The Balaban J connectivity index is 1.65. The Bertz CT molecular complexity index is 1060. The van der Waals surface area contributed by atoms with E-state index in [0.717, 1.165) is 23.1 Å². The van der Waals surface area contributed by atoms with E-state index in [-0.39, 0.29) is 10.9 Å². The van der Waals surface area contributed by atoms with Crippen LogP contribution in [0.15, 0.2) is 40.1 Å². The molecule has 0 amide bonds. The number of aromatic amines is 1. The third-order valence-corrected chi connectivity index (χ3v) is 7.48. The molecule has 1 N–H and O–H groups in total. The predicted octanol–water partition coefficient (Wildman–Crippen LogP) is 2.39. The molecule has 2 atom stereocenters. The Morgan fingerprint density at radius 3 is 2.93 bits per heavy atom. The van der Waals surface area contributed by atoms with E-state index in [1.54, 1.807) is 17.4 Å². The van der Waals surface area contributed by atoms with Crippen molar-refractivity contribution < 1.29 is 12.9 Å². The van der Waals surface area contributed by atoms with Gasteiger partial charge < -0.3 is 14.4 Å². The Hall–Kier alpha value is -2.39. The number of pyridine rings is 1. The van der Waals surface area contributed by atoms with Crippen LogP contribution in [0.3, 0.4) is 0 Å². The summed E-state index contributed by atoms with van der Waals surface area (Å²) in [7, 11) is -1.60. The van der Waals surface area contributed by atoms with Gasteiger partial charge >= 0.3 is 0 Å². The van der Waals surface area contributed by atoms with Gasteiger partial charge in [0.05, 0.1) is 6.20 Å². The van der Waals surface area contributed by atoms with E-state index in [1.807, 2.05) is 25.4 Å². The van der Waals surface area contributed by atoms with Crippen molar-refractivity contribution in [3.05, 3.63) is 36.5 Å². The van der Waals surface area contributed by atoms with Gasteiger partial charge in [-0.1, -0.05) is 12.1 Å².